The van der Waals surface area contributed by atoms with Gasteiger partial charge in [0.05, 0.1) is 5.69 Å². The number of aromatic nitrogens is 2. The first-order chi connectivity index (χ1) is 12.3. The van der Waals surface area contributed by atoms with Crippen molar-refractivity contribution in [3.05, 3.63) is 90.2 Å². The van der Waals surface area contributed by atoms with E-state index in [4.69, 9.17) is 0 Å². The third-order valence-electron chi connectivity index (χ3n) is 4.04. The van der Waals surface area contributed by atoms with Gasteiger partial charge in [0, 0.05) is 11.3 Å². The second-order valence-corrected chi connectivity index (χ2v) is 6.69. The largest absolute Gasteiger partial charge is 0.207 e. The maximum Gasteiger partial charge on any atom is 0.123 e. The van der Waals surface area contributed by atoms with Crippen LogP contribution in [0.5, 0.6) is 0 Å². The van der Waals surface area contributed by atoms with Crippen LogP contribution in [-0.4, -0.2) is 10.2 Å². The minimum atomic E-state index is -0.251. The van der Waals surface area contributed by atoms with Crippen LogP contribution in [0, 0.1) is 5.82 Å². The van der Waals surface area contributed by atoms with Crippen molar-refractivity contribution in [2.75, 3.05) is 0 Å². The number of halogens is 1. The fourth-order valence-corrected chi connectivity index (χ4v) is 3.56. The molecule has 0 amide bonds. The fourth-order valence-electron chi connectivity index (χ4n) is 2.74. The molecule has 25 heavy (non-hydrogen) atoms. The van der Waals surface area contributed by atoms with Crippen LogP contribution in [0.2, 0.25) is 0 Å². The average Bonchev–Trinajstić information content (AvgIpc) is 2.67. The van der Waals surface area contributed by atoms with Crippen molar-refractivity contribution in [2.24, 2.45) is 0 Å². The van der Waals surface area contributed by atoms with Crippen molar-refractivity contribution < 1.29 is 4.39 Å². The summed E-state index contributed by atoms with van der Waals surface area (Å²) in [6, 6.07) is 24.9. The Morgan fingerprint density at radius 2 is 1.56 bits per heavy atom. The van der Waals surface area contributed by atoms with Crippen LogP contribution >= 0.6 is 11.8 Å². The molecule has 0 fully saturated rings. The van der Waals surface area contributed by atoms with E-state index in [0.29, 0.717) is 0 Å². The Kier molecular flexibility index (Phi) is 4.44. The van der Waals surface area contributed by atoms with Crippen LogP contribution in [0.15, 0.2) is 83.9 Å². The van der Waals surface area contributed by atoms with Crippen LogP contribution in [-0.2, 0) is 5.75 Å². The first kappa shape index (κ1) is 15.8. The number of thioether (sulfide) groups is 1. The van der Waals surface area contributed by atoms with E-state index in [0.717, 1.165) is 22.0 Å². The van der Waals surface area contributed by atoms with Crippen LogP contribution in [0.25, 0.3) is 22.0 Å². The second kappa shape index (κ2) is 7.03. The Morgan fingerprint density at radius 1 is 0.760 bits per heavy atom. The van der Waals surface area contributed by atoms with Gasteiger partial charge in [-0.25, -0.2) is 4.39 Å². The first-order valence-electron chi connectivity index (χ1n) is 7.99. The third kappa shape index (κ3) is 3.54. The van der Waals surface area contributed by atoms with Gasteiger partial charge in [-0.15, -0.1) is 10.2 Å². The number of hydrogen-bond donors (Lipinski definition) is 0. The molecule has 0 atom stereocenters. The van der Waals surface area contributed by atoms with Gasteiger partial charge in [0.25, 0.3) is 0 Å². The van der Waals surface area contributed by atoms with E-state index >= 15 is 0 Å². The summed E-state index contributed by atoms with van der Waals surface area (Å²) in [5.74, 6) is 0.588. The molecule has 2 nitrogen and oxygen atoms in total. The maximum atomic E-state index is 13.0. The summed E-state index contributed by atoms with van der Waals surface area (Å²) in [6.07, 6.45) is 0. The van der Waals surface area contributed by atoms with Gasteiger partial charge in [-0.2, -0.15) is 0 Å². The molecule has 1 aromatic heterocycles. The van der Waals surface area contributed by atoms with Crippen molar-refractivity contribution in [1.29, 1.82) is 0 Å². The van der Waals surface area contributed by atoms with Gasteiger partial charge in [-0.1, -0.05) is 54.2 Å². The predicted octanol–water partition coefficient (Wildman–Crippen LogP) is 5.73. The molecular formula is C21H15FN2S. The molecule has 0 aliphatic rings. The van der Waals surface area contributed by atoms with Gasteiger partial charge in [-0.05, 0) is 52.7 Å². The SMILES string of the molecule is Fc1ccc(-c2ccc(SCc3cccc4ccccc34)nn2)cc1. The Bertz CT molecular complexity index is 993. The topological polar surface area (TPSA) is 25.8 Å². The lowest BCUT2D eigenvalue weighted by Crippen LogP contribution is -1.90. The van der Waals surface area contributed by atoms with Crippen LogP contribution in [0.4, 0.5) is 4.39 Å². The Hall–Kier alpha value is -2.72. The van der Waals surface area contributed by atoms with Crippen molar-refractivity contribution in [1.82, 2.24) is 10.2 Å². The standard InChI is InChI=1S/C21H15FN2S/c22-18-10-8-16(9-11-18)20-12-13-21(24-23-20)25-14-17-6-3-5-15-4-1-2-7-19(15)17/h1-13H,14H2. The van der Waals surface area contributed by atoms with Gasteiger partial charge in [0.2, 0.25) is 0 Å². The zero-order valence-electron chi connectivity index (χ0n) is 13.4. The first-order valence-corrected chi connectivity index (χ1v) is 8.97. The monoisotopic (exact) mass is 346 g/mol. The summed E-state index contributed by atoms with van der Waals surface area (Å²) in [5, 5.41) is 11.9. The zero-order chi connectivity index (χ0) is 17.1. The van der Waals surface area contributed by atoms with Crippen molar-refractivity contribution in [3.8, 4) is 11.3 Å². The van der Waals surface area contributed by atoms with Gasteiger partial charge < -0.3 is 0 Å². The normalized spacial score (nSPS) is 10.9. The lowest BCUT2D eigenvalue weighted by atomic mass is 10.1. The van der Waals surface area contributed by atoms with E-state index in [1.54, 1.807) is 23.9 Å². The molecule has 1 heterocycles. The highest BCUT2D eigenvalue weighted by Gasteiger charge is 2.05. The molecule has 122 valence electrons. The van der Waals surface area contributed by atoms with Crippen LogP contribution in [0.3, 0.4) is 0 Å². The fraction of sp³-hybridized carbons (Fsp3) is 0.0476. The molecule has 4 heteroatoms. The summed E-state index contributed by atoms with van der Waals surface area (Å²) in [6.45, 7) is 0. The third-order valence-corrected chi connectivity index (χ3v) is 5.00. The Balaban J connectivity index is 1.50. The highest BCUT2D eigenvalue weighted by molar-refractivity contribution is 7.98. The van der Waals surface area contributed by atoms with Crippen LogP contribution < -0.4 is 0 Å². The zero-order valence-corrected chi connectivity index (χ0v) is 14.2. The molecule has 0 N–H and O–H groups in total. The molecule has 0 radical (unpaired) electrons. The van der Waals surface area contributed by atoms with Crippen LogP contribution in [0.1, 0.15) is 5.56 Å². The van der Waals surface area contributed by atoms with Gasteiger partial charge >= 0.3 is 0 Å². The molecule has 0 aliphatic heterocycles. The summed E-state index contributed by atoms with van der Waals surface area (Å²) in [4.78, 5) is 0. The highest BCUT2D eigenvalue weighted by Crippen LogP contribution is 2.27. The quantitative estimate of drug-likeness (QED) is 0.441. The van der Waals surface area contributed by atoms with Crippen molar-refractivity contribution >= 4 is 22.5 Å². The average molecular weight is 346 g/mol. The number of rotatable bonds is 4. The molecule has 4 aromatic rings. The van der Waals surface area contributed by atoms with E-state index < -0.39 is 0 Å². The number of nitrogens with zero attached hydrogens (tertiary/aromatic N) is 2. The minimum absolute atomic E-state index is 0.251. The molecule has 0 unspecified atom stereocenters. The predicted molar refractivity (Wildman–Crippen MR) is 101 cm³/mol. The summed E-state index contributed by atoms with van der Waals surface area (Å²) in [5.41, 5.74) is 2.89. The highest BCUT2D eigenvalue weighted by atomic mass is 32.2. The number of benzene rings is 3. The van der Waals surface area contributed by atoms with Crippen molar-refractivity contribution in [2.45, 2.75) is 10.8 Å². The molecule has 0 saturated carbocycles. The lowest BCUT2D eigenvalue weighted by molar-refractivity contribution is 0.628. The molecule has 4 rings (SSSR count). The van der Waals surface area contributed by atoms with E-state index in [1.165, 1.54) is 28.5 Å². The molecule has 0 aliphatic carbocycles. The molecule has 0 bridgehead atoms. The van der Waals surface area contributed by atoms with E-state index in [-0.39, 0.29) is 5.82 Å². The van der Waals surface area contributed by atoms with Gasteiger partial charge in [-0.3, -0.25) is 0 Å². The summed E-state index contributed by atoms with van der Waals surface area (Å²) >= 11 is 1.66. The maximum absolute atomic E-state index is 13.0. The Morgan fingerprint density at radius 3 is 2.36 bits per heavy atom. The molecule has 3 aromatic carbocycles. The molecule has 0 saturated heterocycles. The lowest BCUT2D eigenvalue weighted by Gasteiger charge is -2.06. The number of hydrogen-bond acceptors (Lipinski definition) is 3. The van der Waals surface area contributed by atoms with Gasteiger partial charge in [0.1, 0.15) is 10.8 Å². The summed E-state index contributed by atoms with van der Waals surface area (Å²) < 4.78 is 13.0. The van der Waals surface area contributed by atoms with E-state index in [1.807, 2.05) is 12.1 Å². The van der Waals surface area contributed by atoms with E-state index in [9.17, 15) is 4.39 Å². The van der Waals surface area contributed by atoms with Gasteiger partial charge in [0.15, 0.2) is 0 Å². The number of fused-ring (bicyclic) bond motifs is 1. The second-order valence-electron chi connectivity index (χ2n) is 5.69. The van der Waals surface area contributed by atoms with E-state index in [2.05, 4.69) is 52.7 Å². The summed E-state index contributed by atoms with van der Waals surface area (Å²) in [7, 11) is 0. The smallest absolute Gasteiger partial charge is 0.123 e. The Labute approximate surface area is 149 Å². The molecular weight excluding hydrogens is 331 g/mol. The molecule has 0 spiro atoms. The minimum Gasteiger partial charge on any atom is -0.207 e. The van der Waals surface area contributed by atoms with Crippen molar-refractivity contribution in [3.63, 3.8) is 0 Å².